The summed E-state index contributed by atoms with van der Waals surface area (Å²) in [4.78, 5) is 14.3. The molecule has 25 heavy (non-hydrogen) atoms. The van der Waals surface area contributed by atoms with E-state index < -0.39 is 0 Å². The van der Waals surface area contributed by atoms with Crippen LogP contribution in [0.2, 0.25) is 0 Å². The normalized spacial score (nSPS) is 16.3. The van der Waals surface area contributed by atoms with Gasteiger partial charge in [-0.2, -0.15) is 5.10 Å². The van der Waals surface area contributed by atoms with Gasteiger partial charge >= 0.3 is 5.69 Å². The topological polar surface area (TPSA) is 63.1 Å². The number of methoxy groups -OCH3 is 1. The van der Waals surface area contributed by atoms with E-state index >= 15 is 0 Å². The molecule has 1 N–H and O–H groups in total. The summed E-state index contributed by atoms with van der Waals surface area (Å²) < 4.78 is 7.17. The molecule has 0 atom stereocenters. The Hall–Kier alpha value is -2.08. The average molecular weight is 344 g/mol. The zero-order valence-electron chi connectivity index (χ0n) is 15.6. The molecule has 1 fully saturated rings. The number of aromatic amines is 1. The van der Waals surface area contributed by atoms with Crippen molar-refractivity contribution in [3.8, 4) is 5.75 Å². The van der Waals surface area contributed by atoms with E-state index in [1.807, 2.05) is 6.92 Å². The maximum absolute atomic E-state index is 11.8. The van der Waals surface area contributed by atoms with Crippen LogP contribution in [0.15, 0.2) is 16.9 Å². The minimum atomic E-state index is -0.0933. The first-order valence-corrected chi connectivity index (χ1v) is 9.05. The Morgan fingerprint density at radius 2 is 1.96 bits per heavy atom. The lowest BCUT2D eigenvalue weighted by molar-refractivity contribution is 0.199. The largest absolute Gasteiger partial charge is 0.496 e. The number of nitrogens with zero attached hydrogens (tertiary/aromatic N) is 3. The van der Waals surface area contributed by atoms with Gasteiger partial charge in [-0.1, -0.05) is 6.07 Å². The fourth-order valence-electron chi connectivity index (χ4n) is 3.78. The number of hydrogen-bond acceptors (Lipinski definition) is 4. The summed E-state index contributed by atoms with van der Waals surface area (Å²) in [6, 6.07) is 4.24. The molecule has 1 aliphatic rings. The molecule has 0 bridgehead atoms. The molecule has 0 aliphatic carbocycles. The quantitative estimate of drug-likeness (QED) is 0.905. The molecule has 0 amide bonds. The lowest BCUT2D eigenvalue weighted by atomic mass is 9.94. The first-order valence-electron chi connectivity index (χ1n) is 9.05. The molecule has 1 saturated heterocycles. The third-order valence-electron chi connectivity index (χ3n) is 5.52. The van der Waals surface area contributed by atoms with Crippen LogP contribution in [0.3, 0.4) is 0 Å². The maximum atomic E-state index is 11.8. The number of likely N-dealkylation sites (tertiary alicyclic amines) is 1. The number of H-pyrrole nitrogens is 1. The average Bonchev–Trinajstić information content (AvgIpc) is 3.00. The van der Waals surface area contributed by atoms with Crippen LogP contribution in [-0.4, -0.2) is 39.9 Å². The smallest absolute Gasteiger partial charge is 0.343 e. The Bertz CT molecular complexity index is 785. The third kappa shape index (κ3) is 3.49. The molecular formula is C19H28N4O2. The Morgan fingerprint density at radius 3 is 2.60 bits per heavy atom. The monoisotopic (exact) mass is 344 g/mol. The molecule has 1 aromatic heterocycles. The molecule has 2 aromatic rings. The second-order valence-electron chi connectivity index (χ2n) is 6.86. The van der Waals surface area contributed by atoms with Crippen LogP contribution < -0.4 is 10.4 Å². The summed E-state index contributed by atoms with van der Waals surface area (Å²) >= 11 is 0. The fraction of sp³-hybridized carbons (Fsp3) is 0.579. The summed E-state index contributed by atoms with van der Waals surface area (Å²) in [6.45, 7) is 9.97. The van der Waals surface area contributed by atoms with Crippen molar-refractivity contribution in [3.63, 3.8) is 0 Å². The first kappa shape index (κ1) is 17.7. The van der Waals surface area contributed by atoms with Crippen LogP contribution in [0, 0.1) is 13.8 Å². The third-order valence-corrected chi connectivity index (χ3v) is 5.52. The SMILES string of the molecule is CCn1c(C2CCN(Cc3ccc(OC)c(C)c3C)CC2)n[nH]c1=O. The maximum Gasteiger partial charge on any atom is 0.343 e. The second-order valence-corrected chi connectivity index (χ2v) is 6.86. The molecule has 1 aromatic carbocycles. The zero-order valence-corrected chi connectivity index (χ0v) is 15.6. The minimum absolute atomic E-state index is 0.0933. The number of hydrogen-bond donors (Lipinski definition) is 1. The van der Waals surface area contributed by atoms with E-state index in [9.17, 15) is 4.79 Å². The predicted molar refractivity (Wildman–Crippen MR) is 98.2 cm³/mol. The highest BCUT2D eigenvalue weighted by atomic mass is 16.5. The standard InChI is InChI=1S/C19H28N4O2/c1-5-23-18(20-21-19(23)24)15-8-10-22(11-9-15)12-16-6-7-17(25-4)14(3)13(16)2/h6-7,15H,5,8-12H2,1-4H3,(H,21,24). The van der Waals surface area contributed by atoms with Crippen molar-refractivity contribution in [1.29, 1.82) is 0 Å². The lowest BCUT2D eigenvalue weighted by Gasteiger charge is -2.32. The summed E-state index contributed by atoms with van der Waals surface area (Å²) in [6.07, 6.45) is 2.08. The number of aromatic nitrogens is 3. The zero-order chi connectivity index (χ0) is 18.0. The summed E-state index contributed by atoms with van der Waals surface area (Å²) in [5.41, 5.74) is 3.80. The summed E-state index contributed by atoms with van der Waals surface area (Å²) in [5, 5.41) is 6.85. The number of nitrogens with one attached hydrogen (secondary N) is 1. The highest BCUT2D eigenvalue weighted by molar-refractivity contribution is 5.43. The van der Waals surface area contributed by atoms with Crippen molar-refractivity contribution in [2.45, 2.75) is 52.6 Å². The van der Waals surface area contributed by atoms with E-state index in [2.05, 4.69) is 41.1 Å². The van der Waals surface area contributed by atoms with E-state index in [0.29, 0.717) is 12.5 Å². The van der Waals surface area contributed by atoms with Gasteiger partial charge in [0.2, 0.25) is 0 Å². The van der Waals surface area contributed by atoms with Gasteiger partial charge in [-0.3, -0.25) is 9.47 Å². The van der Waals surface area contributed by atoms with Crippen molar-refractivity contribution in [2.75, 3.05) is 20.2 Å². The van der Waals surface area contributed by atoms with Gasteiger partial charge in [-0.15, -0.1) is 0 Å². The van der Waals surface area contributed by atoms with Crippen molar-refractivity contribution < 1.29 is 4.74 Å². The molecule has 0 radical (unpaired) electrons. The van der Waals surface area contributed by atoms with Crippen LogP contribution in [-0.2, 0) is 13.1 Å². The molecular weight excluding hydrogens is 316 g/mol. The molecule has 0 saturated carbocycles. The van der Waals surface area contributed by atoms with Gasteiger partial charge in [0.1, 0.15) is 11.6 Å². The minimum Gasteiger partial charge on any atom is -0.496 e. The van der Waals surface area contributed by atoms with Crippen LogP contribution >= 0.6 is 0 Å². The van der Waals surface area contributed by atoms with Crippen LogP contribution in [0.25, 0.3) is 0 Å². The van der Waals surface area contributed by atoms with Gasteiger partial charge in [0.25, 0.3) is 0 Å². The van der Waals surface area contributed by atoms with Crippen LogP contribution in [0.1, 0.15) is 48.2 Å². The summed E-state index contributed by atoms with van der Waals surface area (Å²) in [7, 11) is 1.72. The molecule has 0 unspecified atom stereocenters. The summed E-state index contributed by atoms with van der Waals surface area (Å²) in [5.74, 6) is 2.24. The van der Waals surface area contributed by atoms with Gasteiger partial charge in [0.05, 0.1) is 7.11 Å². The highest BCUT2D eigenvalue weighted by Crippen LogP contribution is 2.29. The second kappa shape index (κ2) is 7.44. The molecule has 6 heteroatoms. The molecule has 3 rings (SSSR count). The van der Waals surface area contributed by atoms with Crippen molar-refractivity contribution in [2.24, 2.45) is 0 Å². The van der Waals surface area contributed by atoms with Gasteiger partial charge in [0.15, 0.2) is 0 Å². The van der Waals surface area contributed by atoms with Crippen molar-refractivity contribution in [3.05, 3.63) is 45.1 Å². The number of benzene rings is 1. The fourth-order valence-corrected chi connectivity index (χ4v) is 3.78. The van der Waals surface area contributed by atoms with Gasteiger partial charge in [0, 0.05) is 19.0 Å². The highest BCUT2D eigenvalue weighted by Gasteiger charge is 2.25. The number of piperidine rings is 1. The molecule has 0 spiro atoms. The lowest BCUT2D eigenvalue weighted by Crippen LogP contribution is -2.34. The molecule has 6 nitrogen and oxygen atoms in total. The van der Waals surface area contributed by atoms with Crippen LogP contribution in [0.5, 0.6) is 5.75 Å². The molecule has 136 valence electrons. The Kier molecular flexibility index (Phi) is 5.27. The van der Waals surface area contributed by atoms with E-state index in [1.165, 1.54) is 16.7 Å². The number of rotatable bonds is 5. The van der Waals surface area contributed by atoms with Gasteiger partial charge < -0.3 is 4.74 Å². The molecule has 1 aliphatic heterocycles. The van der Waals surface area contributed by atoms with Crippen LogP contribution in [0.4, 0.5) is 0 Å². The Morgan fingerprint density at radius 1 is 1.24 bits per heavy atom. The van der Waals surface area contributed by atoms with E-state index in [-0.39, 0.29) is 5.69 Å². The Labute approximate surface area is 148 Å². The first-order chi connectivity index (χ1) is 12.0. The van der Waals surface area contributed by atoms with E-state index in [0.717, 1.165) is 44.0 Å². The van der Waals surface area contributed by atoms with E-state index in [1.54, 1.807) is 11.7 Å². The molecule has 2 heterocycles. The van der Waals surface area contributed by atoms with Crippen molar-refractivity contribution in [1.82, 2.24) is 19.7 Å². The van der Waals surface area contributed by atoms with Gasteiger partial charge in [-0.25, -0.2) is 9.89 Å². The number of ether oxygens (including phenoxy) is 1. The van der Waals surface area contributed by atoms with E-state index in [4.69, 9.17) is 4.74 Å². The van der Waals surface area contributed by atoms with Crippen molar-refractivity contribution >= 4 is 0 Å². The predicted octanol–water partition coefficient (Wildman–Crippen LogP) is 2.60. The van der Waals surface area contributed by atoms with Gasteiger partial charge in [-0.05, 0) is 69.5 Å². The Balaban J connectivity index is 1.65.